The molecular formula is C13H18N2O3S. The molecule has 1 aliphatic heterocycles. The van der Waals surface area contributed by atoms with Gasteiger partial charge in [0.2, 0.25) is 15.9 Å². The van der Waals surface area contributed by atoms with Gasteiger partial charge in [-0.2, -0.15) is 0 Å². The Balaban J connectivity index is 2.38. The van der Waals surface area contributed by atoms with Gasteiger partial charge >= 0.3 is 0 Å². The number of amides is 1. The van der Waals surface area contributed by atoms with E-state index >= 15 is 0 Å². The summed E-state index contributed by atoms with van der Waals surface area (Å²) in [6, 6.07) is 5.44. The molecule has 0 atom stereocenters. The highest BCUT2D eigenvalue weighted by Crippen LogP contribution is 2.31. The van der Waals surface area contributed by atoms with Crippen LogP contribution in [0.15, 0.2) is 18.2 Å². The van der Waals surface area contributed by atoms with Gasteiger partial charge in [0.1, 0.15) is 0 Å². The van der Waals surface area contributed by atoms with Gasteiger partial charge in [-0.15, -0.1) is 0 Å². The van der Waals surface area contributed by atoms with Crippen molar-refractivity contribution < 1.29 is 13.2 Å². The van der Waals surface area contributed by atoms with E-state index < -0.39 is 10.0 Å². The Kier molecular flexibility index (Phi) is 3.80. The van der Waals surface area contributed by atoms with Gasteiger partial charge in [0.25, 0.3) is 0 Å². The summed E-state index contributed by atoms with van der Waals surface area (Å²) in [5, 5.41) is 2.75. The first-order valence-electron chi connectivity index (χ1n) is 6.32. The molecule has 1 N–H and O–H groups in total. The maximum absolute atomic E-state index is 11.8. The third kappa shape index (κ3) is 3.07. The largest absolute Gasteiger partial charge is 0.326 e. The molecular weight excluding hydrogens is 264 g/mol. The summed E-state index contributed by atoms with van der Waals surface area (Å²) >= 11 is 0. The van der Waals surface area contributed by atoms with Crippen LogP contribution in [-0.2, 0) is 21.2 Å². The molecule has 1 aromatic rings. The Morgan fingerprint density at radius 2 is 2.16 bits per heavy atom. The Hall–Kier alpha value is -1.56. The van der Waals surface area contributed by atoms with Crippen LogP contribution >= 0.6 is 0 Å². The highest BCUT2D eigenvalue weighted by atomic mass is 32.2. The van der Waals surface area contributed by atoms with E-state index in [1.54, 1.807) is 13.0 Å². The van der Waals surface area contributed by atoms with Crippen molar-refractivity contribution in [3.63, 3.8) is 0 Å². The number of nitrogens with zero attached hydrogens (tertiary/aromatic N) is 1. The summed E-state index contributed by atoms with van der Waals surface area (Å²) < 4.78 is 25.0. The topological polar surface area (TPSA) is 66.5 Å². The minimum atomic E-state index is -3.27. The predicted octanol–water partition coefficient (Wildman–Crippen LogP) is 1.75. The molecule has 2 rings (SSSR count). The molecule has 5 nitrogen and oxygen atoms in total. The number of fused-ring (bicyclic) bond motifs is 1. The molecule has 0 aliphatic carbocycles. The molecule has 0 radical (unpaired) electrons. The normalized spacial score (nSPS) is 14.9. The van der Waals surface area contributed by atoms with Crippen LogP contribution in [-0.4, -0.2) is 27.1 Å². The number of carbonyl (C=O) groups excluding carboxylic acids is 1. The molecule has 1 aliphatic rings. The van der Waals surface area contributed by atoms with E-state index in [1.807, 2.05) is 12.1 Å². The van der Waals surface area contributed by atoms with E-state index in [2.05, 4.69) is 5.32 Å². The first-order valence-corrected chi connectivity index (χ1v) is 8.17. The van der Waals surface area contributed by atoms with E-state index in [4.69, 9.17) is 0 Å². The molecule has 0 unspecified atom stereocenters. The minimum Gasteiger partial charge on any atom is -0.326 e. The van der Waals surface area contributed by atoms with E-state index in [9.17, 15) is 13.2 Å². The summed E-state index contributed by atoms with van der Waals surface area (Å²) in [5.74, 6) is -0.0818. The van der Waals surface area contributed by atoms with Gasteiger partial charge < -0.3 is 5.32 Å². The summed E-state index contributed by atoms with van der Waals surface area (Å²) in [6.07, 6.45) is 3.29. The van der Waals surface area contributed by atoms with Crippen LogP contribution in [0.4, 0.5) is 11.4 Å². The number of rotatable bonds is 3. The second kappa shape index (κ2) is 5.21. The molecule has 6 heteroatoms. The summed E-state index contributed by atoms with van der Waals surface area (Å²) in [7, 11) is -3.27. The van der Waals surface area contributed by atoms with Gasteiger partial charge in [0.05, 0.1) is 11.9 Å². The maximum Gasteiger partial charge on any atom is 0.232 e. The highest BCUT2D eigenvalue weighted by Gasteiger charge is 2.24. The Morgan fingerprint density at radius 3 is 2.79 bits per heavy atom. The monoisotopic (exact) mass is 282 g/mol. The lowest BCUT2D eigenvalue weighted by atomic mass is 10.0. The van der Waals surface area contributed by atoms with E-state index in [0.717, 1.165) is 18.4 Å². The van der Waals surface area contributed by atoms with Crippen LogP contribution < -0.4 is 9.62 Å². The molecule has 1 amide bonds. The zero-order valence-electron chi connectivity index (χ0n) is 11.1. The number of anilines is 2. The van der Waals surface area contributed by atoms with E-state index in [1.165, 1.54) is 10.6 Å². The minimum absolute atomic E-state index is 0.0818. The fourth-order valence-electron chi connectivity index (χ4n) is 2.21. The number of sulfonamides is 1. The van der Waals surface area contributed by atoms with Crippen molar-refractivity contribution in [1.29, 1.82) is 0 Å². The van der Waals surface area contributed by atoms with Crippen molar-refractivity contribution in [2.75, 3.05) is 22.4 Å². The lowest BCUT2D eigenvalue weighted by Gasteiger charge is -2.29. The van der Waals surface area contributed by atoms with Gasteiger partial charge in [-0.25, -0.2) is 8.42 Å². The quantitative estimate of drug-likeness (QED) is 0.918. The fourth-order valence-corrected chi connectivity index (χ4v) is 3.20. The molecule has 0 aromatic heterocycles. The van der Waals surface area contributed by atoms with Crippen molar-refractivity contribution in [3.05, 3.63) is 23.8 Å². The number of hydrogen-bond donors (Lipinski definition) is 1. The third-order valence-corrected chi connectivity index (χ3v) is 4.35. The zero-order valence-corrected chi connectivity index (χ0v) is 12.0. The smallest absolute Gasteiger partial charge is 0.232 e. The predicted molar refractivity (Wildman–Crippen MR) is 75.9 cm³/mol. The van der Waals surface area contributed by atoms with Crippen LogP contribution in [0.2, 0.25) is 0 Å². The number of carbonyl (C=O) groups is 1. The average molecular weight is 282 g/mol. The van der Waals surface area contributed by atoms with Gasteiger partial charge in [0, 0.05) is 18.7 Å². The molecule has 1 heterocycles. The molecule has 0 saturated carbocycles. The van der Waals surface area contributed by atoms with Crippen molar-refractivity contribution in [2.24, 2.45) is 0 Å². The summed E-state index contributed by atoms with van der Waals surface area (Å²) in [5.41, 5.74) is 2.33. The number of benzene rings is 1. The van der Waals surface area contributed by atoms with Crippen molar-refractivity contribution in [3.8, 4) is 0 Å². The lowest BCUT2D eigenvalue weighted by Crippen LogP contribution is -2.34. The molecule has 104 valence electrons. The molecule has 1 aromatic carbocycles. The van der Waals surface area contributed by atoms with Crippen molar-refractivity contribution in [2.45, 2.75) is 26.2 Å². The molecule has 0 spiro atoms. The summed E-state index contributed by atoms with van der Waals surface area (Å²) in [6.45, 7) is 2.27. The maximum atomic E-state index is 11.8. The molecule has 19 heavy (non-hydrogen) atoms. The SMILES string of the molecule is CCC(=O)Nc1ccc2c(c1)N(S(C)(=O)=O)CCC2. The average Bonchev–Trinajstić information content (AvgIpc) is 2.36. The number of nitrogens with one attached hydrogen (secondary N) is 1. The van der Waals surface area contributed by atoms with Crippen molar-refractivity contribution in [1.82, 2.24) is 0 Å². The van der Waals surface area contributed by atoms with Crippen LogP contribution in [0.25, 0.3) is 0 Å². The third-order valence-electron chi connectivity index (χ3n) is 3.17. The molecule has 0 saturated heterocycles. The Labute approximate surface area is 113 Å². The second-order valence-corrected chi connectivity index (χ2v) is 6.59. The van der Waals surface area contributed by atoms with Gasteiger partial charge in [-0.05, 0) is 30.5 Å². The zero-order chi connectivity index (χ0) is 14.0. The first kappa shape index (κ1) is 13.9. The Morgan fingerprint density at radius 1 is 1.42 bits per heavy atom. The molecule has 0 fully saturated rings. The van der Waals surface area contributed by atoms with Crippen molar-refractivity contribution >= 4 is 27.3 Å². The number of hydrogen-bond acceptors (Lipinski definition) is 3. The van der Waals surface area contributed by atoms with Gasteiger partial charge in [-0.3, -0.25) is 9.10 Å². The number of aryl methyl sites for hydroxylation is 1. The summed E-state index contributed by atoms with van der Waals surface area (Å²) in [4.78, 5) is 11.4. The van der Waals surface area contributed by atoms with Crippen LogP contribution in [0.5, 0.6) is 0 Å². The highest BCUT2D eigenvalue weighted by molar-refractivity contribution is 7.92. The standard InChI is InChI=1S/C13H18N2O3S/c1-3-13(16)14-11-7-6-10-5-4-8-15(12(10)9-11)19(2,17)18/h6-7,9H,3-5,8H2,1-2H3,(H,14,16). The molecule has 0 bridgehead atoms. The Bertz CT molecular complexity index is 596. The van der Waals surface area contributed by atoms with Gasteiger partial charge in [0.15, 0.2) is 0 Å². The van der Waals surface area contributed by atoms with Gasteiger partial charge in [-0.1, -0.05) is 13.0 Å². The lowest BCUT2D eigenvalue weighted by molar-refractivity contribution is -0.115. The fraction of sp³-hybridized carbons (Fsp3) is 0.462. The first-order chi connectivity index (χ1) is 8.91. The van der Waals surface area contributed by atoms with E-state index in [-0.39, 0.29) is 5.91 Å². The second-order valence-electron chi connectivity index (χ2n) is 4.68. The van der Waals surface area contributed by atoms with Crippen LogP contribution in [0, 0.1) is 0 Å². The van der Waals surface area contributed by atoms with Crippen LogP contribution in [0.3, 0.4) is 0 Å². The van der Waals surface area contributed by atoms with Crippen LogP contribution in [0.1, 0.15) is 25.3 Å². The van der Waals surface area contributed by atoms with E-state index in [0.29, 0.717) is 24.3 Å².